The molecule has 0 saturated carbocycles. The standard InChI is InChI=1S/C11H9NO2.BrH/c13-11-3-1-9(2-4-11)10-5-7-12(14)8-6-10;/h1-8,13H;1H. The summed E-state index contributed by atoms with van der Waals surface area (Å²) in [6.07, 6.45) is 2.89. The molecule has 3 nitrogen and oxygen atoms in total. The van der Waals surface area contributed by atoms with E-state index in [4.69, 9.17) is 5.11 Å². The van der Waals surface area contributed by atoms with E-state index in [1.807, 2.05) is 0 Å². The average molecular weight is 268 g/mol. The number of halogens is 1. The van der Waals surface area contributed by atoms with Crippen LogP contribution in [0.3, 0.4) is 0 Å². The molecule has 0 unspecified atom stereocenters. The molecular weight excluding hydrogens is 258 g/mol. The summed E-state index contributed by atoms with van der Waals surface area (Å²) in [4.78, 5) is 0. The van der Waals surface area contributed by atoms with Crippen LogP contribution in [0.25, 0.3) is 11.1 Å². The molecule has 0 fully saturated rings. The molecule has 1 N–H and O–H groups in total. The molecule has 4 heteroatoms. The summed E-state index contributed by atoms with van der Waals surface area (Å²) in [6, 6.07) is 10.3. The van der Waals surface area contributed by atoms with E-state index in [1.165, 1.54) is 12.4 Å². The van der Waals surface area contributed by atoms with Gasteiger partial charge in [-0.05, 0) is 23.3 Å². The van der Waals surface area contributed by atoms with E-state index in [9.17, 15) is 5.21 Å². The van der Waals surface area contributed by atoms with E-state index in [-0.39, 0.29) is 22.7 Å². The summed E-state index contributed by atoms with van der Waals surface area (Å²) in [5.41, 5.74) is 1.93. The topological polar surface area (TPSA) is 47.2 Å². The van der Waals surface area contributed by atoms with Gasteiger partial charge in [0.1, 0.15) is 5.75 Å². The van der Waals surface area contributed by atoms with Gasteiger partial charge in [0.15, 0.2) is 12.4 Å². The van der Waals surface area contributed by atoms with Crippen LogP contribution in [0.1, 0.15) is 0 Å². The Morgan fingerprint density at radius 2 is 1.33 bits per heavy atom. The average Bonchev–Trinajstić information content (AvgIpc) is 2.21. The van der Waals surface area contributed by atoms with Crippen molar-refractivity contribution >= 4 is 17.0 Å². The molecule has 0 bridgehead atoms. The zero-order chi connectivity index (χ0) is 9.97. The second kappa shape index (κ2) is 4.79. The number of hydrogen-bond donors (Lipinski definition) is 1. The first kappa shape index (κ1) is 11.5. The van der Waals surface area contributed by atoms with Crippen molar-refractivity contribution in [2.75, 3.05) is 0 Å². The van der Waals surface area contributed by atoms with Crippen molar-refractivity contribution in [3.8, 4) is 16.9 Å². The lowest BCUT2D eigenvalue weighted by Gasteiger charge is -2.01. The molecular formula is C11H10BrNO2. The van der Waals surface area contributed by atoms with Crippen LogP contribution < -0.4 is 4.73 Å². The highest BCUT2D eigenvalue weighted by atomic mass is 79.9. The van der Waals surface area contributed by atoms with Gasteiger partial charge in [0.05, 0.1) is 0 Å². The van der Waals surface area contributed by atoms with Gasteiger partial charge in [0.2, 0.25) is 0 Å². The largest absolute Gasteiger partial charge is 0.619 e. The summed E-state index contributed by atoms with van der Waals surface area (Å²) in [5.74, 6) is 0.239. The normalized spacial score (nSPS) is 9.33. The lowest BCUT2D eigenvalue weighted by atomic mass is 10.1. The molecule has 1 aromatic carbocycles. The summed E-state index contributed by atoms with van der Waals surface area (Å²) in [5, 5.41) is 19.9. The molecule has 0 spiro atoms. The number of phenols is 1. The van der Waals surface area contributed by atoms with E-state index in [1.54, 1.807) is 36.4 Å². The highest BCUT2D eigenvalue weighted by Crippen LogP contribution is 2.20. The van der Waals surface area contributed by atoms with Gasteiger partial charge < -0.3 is 10.3 Å². The summed E-state index contributed by atoms with van der Waals surface area (Å²) < 4.78 is 0.740. The molecule has 0 radical (unpaired) electrons. The third-order valence-electron chi connectivity index (χ3n) is 2.00. The fraction of sp³-hybridized carbons (Fsp3) is 0. The van der Waals surface area contributed by atoms with Crippen LogP contribution in [0.15, 0.2) is 48.8 Å². The molecule has 0 atom stereocenters. The Hall–Kier alpha value is -1.55. The van der Waals surface area contributed by atoms with Gasteiger partial charge in [-0.15, -0.1) is 17.0 Å². The van der Waals surface area contributed by atoms with Gasteiger partial charge >= 0.3 is 0 Å². The molecule has 2 aromatic rings. The third kappa shape index (κ3) is 2.70. The molecule has 15 heavy (non-hydrogen) atoms. The van der Waals surface area contributed by atoms with E-state index >= 15 is 0 Å². The Kier molecular flexibility index (Phi) is 3.68. The van der Waals surface area contributed by atoms with E-state index in [0.717, 1.165) is 15.9 Å². The van der Waals surface area contributed by atoms with Gasteiger partial charge in [-0.1, -0.05) is 12.1 Å². The fourth-order valence-corrected chi connectivity index (χ4v) is 1.26. The predicted molar refractivity (Wildman–Crippen MR) is 62.8 cm³/mol. The minimum atomic E-state index is 0. The maximum absolute atomic E-state index is 10.8. The highest BCUT2D eigenvalue weighted by molar-refractivity contribution is 8.93. The van der Waals surface area contributed by atoms with Crippen LogP contribution in [0.4, 0.5) is 0 Å². The number of rotatable bonds is 1. The van der Waals surface area contributed by atoms with Gasteiger partial charge in [-0.25, -0.2) is 0 Å². The number of aromatic nitrogens is 1. The van der Waals surface area contributed by atoms with Crippen molar-refractivity contribution < 1.29 is 9.84 Å². The van der Waals surface area contributed by atoms with E-state index in [2.05, 4.69) is 0 Å². The second-order valence-corrected chi connectivity index (χ2v) is 2.99. The van der Waals surface area contributed by atoms with Crippen molar-refractivity contribution in [2.24, 2.45) is 0 Å². The Bertz CT molecular complexity index is 382. The van der Waals surface area contributed by atoms with Crippen molar-refractivity contribution in [1.82, 2.24) is 0 Å². The molecule has 78 valence electrons. The Labute approximate surface area is 98.0 Å². The first-order valence-electron chi connectivity index (χ1n) is 4.24. The van der Waals surface area contributed by atoms with Gasteiger partial charge in [-0.3, -0.25) is 0 Å². The van der Waals surface area contributed by atoms with Gasteiger partial charge in [-0.2, -0.15) is 4.73 Å². The first-order chi connectivity index (χ1) is 6.75. The maximum atomic E-state index is 10.8. The molecule has 0 saturated heterocycles. The number of benzene rings is 1. The SMILES string of the molecule is Br.[O-][n+]1ccc(-c2ccc(O)cc2)cc1. The summed E-state index contributed by atoms with van der Waals surface area (Å²) in [6.45, 7) is 0. The molecule has 1 heterocycles. The number of pyridine rings is 1. The second-order valence-electron chi connectivity index (χ2n) is 2.99. The first-order valence-corrected chi connectivity index (χ1v) is 4.24. The van der Waals surface area contributed by atoms with Crippen LogP contribution >= 0.6 is 17.0 Å². The predicted octanol–water partition coefficient (Wildman–Crippen LogP) is 2.27. The zero-order valence-electron chi connectivity index (χ0n) is 7.83. The van der Waals surface area contributed by atoms with E-state index < -0.39 is 0 Å². The van der Waals surface area contributed by atoms with Crippen molar-refractivity contribution in [3.05, 3.63) is 54.0 Å². The van der Waals surface area contributed by atoms with Gasteiger partial charge in [0.25, 0.3) is 0 Å². The monoisotopic (exact) mass is 267 g/mol. The number of hydrogen-bond acceptors (Lipinski definition) is 2. The number of phenolic OH excluding ortho intramolecular Hbond substituents is 1. The minimum absolute atomic E-state index is 0. The Morgan fingerprint density at radius 3 is 1.87 bits per heavy atom. The molecule has 2 rings (SSSR count). The lowest BCUT2D eigenvalue weighted by molar-refractivity contribution is -0.605. The van der Waals surface area contributed by atoms with Crippen LogP contribution in [0.5, 0.6) is 5.75 Å². The smallest absolute Gasteiger partial charge is 0.180 e. The summed E-state index contributed by atoms with van der Waals surface area (Å²) in [7, 11) is 0. The zero-order valence-corrected chi connectivity index (χ0v) is 9.54. The van der Waals surface area contributed by atoms with Crippen molar-refractivity contribution in [3.63, 3.8) is 0 Å². The van der Waals surface area contributed by atoms with Gasteiger partial charge in [0, 0.05) is 12.1 Å². The van der Waals surface area contributed by atoms with Crippen LogP contribution in [0.2, 0.25) is 0 Å². The molecule has 1 aromatic heterocycles. The van der Waals surface area contributed by atoms with Crippen LogP contribution in [-0.2, 0) is 0 Å². The van der Waals surface area contributed by atoms with E-state index in [0.29, 0.717) is 0 Å². The molecule has 0 aliphatic carbocycles. The number of aromatic hydroxyl groups is 1. The van der Waals surface area contributed by atoms with Crippen LogP contribution in [-0.4, -0.2) is 5.11 Å². The van der Waals surface area contributed by atoms with Crippen molar-refractivity contribution in [1.29, 1.82) is 0 Å². The molecule has 0 aliphatic heterocycles. The lowest BCUT2D eigenvalue weighted by Crippen LogP contribution is -2.23. The molecule has 0 aliphatic rings. The van der Waals surface area contributed by atoms with Crippen molar-refractivity contribution in [2.45, 2.75) is 0 Å². The summed E-state index contributed by atoms with van der Waals surface area (Å²) >= 11 is 0. The Morgan fingerprint density at radius 1 is 0.867 bits per heavy atom. The van der Waals surface area contributed by atoms with Crippen LogP contribution in [0, 0.1) is 5.21 Å². The fourth-order valence-electron chi connectivity index (χ4n) is 1.26. The Balaban J connectivity index is 0.00000112. The third-order valence-corrected chi connectivity index (χ3v) is 2.00. The quantitative estimate of drug-likeness (QED) is 0.637. The maximum Gasteiger partial charge on any atom is 0.180 e. The minimum Gasteiger partial charge on any atom is -0.619 e. The number of nitrogens with zero attached hydrogens (tertiary/aromatic N) is 1. The highest BCUT2D eigenvalue weighted by Gasteiger charge is 1.98. The molecule has 0 amide bonds.